The van der Waals surface area contributed by atoms with Crippen molar-refractivity contribution in [1.29, 1.82) is 0 Å². The highest BCUT2D eigenvalue weighted by molar-refractivity contribution is 9.10. The van der Waals surface area contributed by atoms with Crippen molar-refractivity contribution in [1.82, 2.24) is 4.98 Å². The third-order valence-electron chi connectivity index (χ3n) is 1.53. The van der Waals surface area contributed by atoms with E-state index in [4.69, 9.17) is 5.11 Å². The molecule has 2 heterocycles. The minimum absolute atomic E-state index is 0.102. The van der Waals surface area contributed by atoms with Crippen LogP contribution in [0.3, 0.4) is 0 Å². The summed E-state index contributed by atoms with van der Waals surface area (Å²) in [6.45, 7) is 0. The van der Waals surface area contributed by atoms with Gasteiger partial charge in [-0.05, 0) is 27.4 Å². The van der Waals surface area contributed by atoms with Gasteiger partial charge in [0.2, 0.25) is 0 Å². The maximum absolute atomic E-state index is 10.6. The van der Waals surface area contributed by atoms with Crippen molar-refractivity contribution in [3.63, 3.8) is 0 Å². The van der Waals surface area contributed by atoms with E-state index in [0.717, 1.165) is 14.4 Å². The number of carbonyl (C=O) groups is 1. The molecule has 0 bridgehead atoms. The number of carboxylic acids is 1. The fraction of sp³-hybridized carbons (Fsp3) is 0. The second-order valence-electron chi connectivity index (χ2n) is 2.44. The van der Waals surface area contributed by atoms with E-state index in [0.29, 0.717) is 0 Å². The fourth-order valence-electron chi connectivity index (χ4n) is 0.923. The summed E-state index contributed by atoms with van der Waals surface area (Å²) < 4.78 is 0.953. The zero-order valence-corrected chi connectivity index (χ0v) is 9.95. The molecule has 0 saturated carbocycles. The molecule has 1 N–H and O–H groups in total. The number of halogens is 1. The summed E-state index contributed by atoms with van der Waals surface area (Å²) in [7, 11) is 0. The van der Waals surface area contributed by atoms with Gasteiger partial charge < -0.3 is 5.11 Å². The van der Waals surface area contributed by atoms with Crippen molar-refractivity contribution in [3.8, 4) is 9.88 Å². The molecule has 0 aliphatic rings. The molecule has 0 fully saturated rings. The van der Waals surface area contributed by atoms with E-state index in [1.807, 2.05) is 11.4 Å². The lowest BCUT2D eigenvalue weighted by molar-refractivity contribution is 0.0691. The summed E-state index contributed by atoms with van der Waals surface area (Å²) in [5.74, 6) is -0.986. The molecule has 2 rings (SSSR count). The Morgan fingerprint density at radius 3 is 2.79 bits per heavy atom. The lowest BCUT2D eigenvalue weighted by Gasteiger charge is -1.89. The first-order chi connectivity index (χ1) is 6.68. The van der Waals surface area contributed by atoms with Gasteiger partial charge in [-0.25, -0.2) is 9.78 Å². The van der Waals surface area contributed by atoms with Crippen LogP contribution in [-0.2, 0) is 0 Å². The Morgan fingerprint density at radius 2 is 2.29 bits per heavy atom. The first kappa shape index (κ1) is 9.82. The summed E-state index contributed by atoms with van der Waals surface area (Å²) in [5, 5.41) is 12.9. The molecule has 0 aromatic carbocycles. The third kappa shape index (κ3) is 1.73. The van der Waals surface area contributed by atoms with E-state index in [9.17, 15) is 4.79 Å². The monoisotopic (exact) mass is 289 g/mol. The Hall–Kier alpha value is -0.720. The maximum atomic E-state index is 10.6. The first-order valence-electron chi connectivity index (χ1n) is 3.60. The number of nitrogens with zero attached hydrogens (tertiary/aromatic N) is 1. The van der Waals surface area contributed by atoms with E-state index >= 15 is 0 Å². The number of rotatable bonds is 2. The number of aromatic nitrogens is 1. The molecule has 72 valence electrons. The summed E-state index contributed by atoms with van der Waals surface area (Å²) in [5.41, 5.74) is 0.102. The normalized spacial score (nSPS) is 10.4. The summed E-state index contributed by atoms with van der Waals surface area (Å²) in [4.78, 5) is 15.6. The number of thiophene rings is 1. The number of hydrogen-bond acceptors (Lipinski definition) is 4. The zero-order valence-electron chi connectivity index (χ0n) is 6.73. The molecule has 2 aromatic rings. The molecule has 0 atom stereocenters. The van der Waals surface area contributed by atoms with Crippen LogP contribution in [0.4, 0.5) is 0 Å². The summed E-state index contributed by atoms with van der Waals surface area (Å²) in [6.07, 6.45) is 0. The average molecular weight is 290 g/mol. The van der Waals surface area contributed by atoms with Crippen LogP contribution in [0, 0.1) is 0 Å². The van der Waals surface area contributed by atoms with Crippen LogP contribution in [0.1, 0.15) is 10.5 Å². The van der Waals surface area contributed by atoms with E-state index in [2.05, 4.69) is 20.9 Å². The number of aromatic carboxylic acids is 1. The highest BCUT2D eigenvalue weighted by atomic mass is 79.9. The zero-order chi connectivity index (χ0) is 10.1. The van der Waals surface area contributed by atoms with Gasteiger partial charge in [0.15, 0.2) is 5.69 Å². The topological polar surface area (TPSA) is 50.2 Å². The van der Waals surface area contributed by atoms with Crippen LogP contribution < -0.4 is 0 Å². The Labute approximate surface area is 96.2 Å². The third-order valence-corrected chi connectivity index (χ3v) is 4.37. The lowest BCUT2D eigenvalue weighted by Crippen LogP contribution is -1.95. The lowest BCUT2D eigenvalue weighted by atomic mass is 10.4. The molecule has 2 aromatic heterocycles. The molecule has 6 heteroatoms. The first-order valence-corrected chi connectivity index (χ1v) is 6.16. The van der Waals surface area contributed by atoms with E-state index in [1.165, 1.54) is 22.7 Å². The van der Waals surface area contributed by atoms with Crippen LogP contribution in [0.5, 0.6) is 0 Å². The van der Waals surface area contributed by atoms with Gasteiger partial charge in [-0.3, -0.25) is 0 Å². The molecule has 0 amide bonds. The van der Waals surface area contributed by atoms with Crippen LogP contribution in [-0.4, -0.2) is 16.1 Å². The standard InChI is InChI=1S/C8H4BrNO2S2/c9-4-1-2-13-6(4)7-10-5(3-14-7)8(11)12/h1-3H,(H,11,12). The summed E-state index contributed by atoms with van der Waals surface area (Å²) in [6, 6.07) is 1.92. The minimum atomic E-state index is -0.986. The van der Waals surface area contributed by atoms with Crippen molar-refractivity contribution >= 4 is 44.6 Å². The van der Waals surface area contributed by atoms with E-state index in [-0.39, 0.29) is 5.69 Å². The van der Waals surface area contributed by atoms with Gasteiger partial charge >= 0.3 is 5.97 Å². The Bertz CT molecular complexity index is 477. The van der Waals surface area contributed by atoms with Gasteiger partial charge in [-0.1, -0.05) is 0 Å². The SMILES string of the molecule is O=C(O)c1csc(-c2sccc2Br)n1. The predicted octanol–water partition coefficient (Wildman–Crippen LogP) is 3.33. The van der Waals surface area contributed by atoms with Crippen molar-refractivity contribution in [2.45, 2.75) is 0 Å². The Morgan fingerprint density at radius 1 is 1.50 bits per heavy atom. The van der Waals surface area contributed by atoms with Crippen molar-refractivity contribution in [2.75, 3.05) is 0 Å². The number of hydrogen-bond donors (Lipinski definition) is 1. The molecule has 0 spiro atoms. The molecule has 0 radical (unpaired) electrons. The molecule has 0 aliphatic heterocycles. The molecule has 14 heavy (non-hydrogen) atoms. The molecular formula is C8H4BrNO2S2. The van der Waals surface area contributed by atoms with Gasteiger partial charge in [-0.15, -0.1) is 22.7 Å². The summed E-state index contributed by atoms with van der Waals surface area (Å²) >= 11 is 6.25. The highest BCUT2D eigenvalue weighted by Crippen LogP contribution is 2.35. The Kier molecular flexibility index (Phi) is 2.66. The van der Waals surface area contributed by atoms with Crippen LogP contribution in [0.15, 0.2) is 21.3 Å². The van der Waals surface area contributed by atoms with Crippen molar-refractivity contribution in [3.05, 3.63) is 27.0 Å². The largest absolute Gasteiger partial charge is 0.476 e. The van der Waals surface area contributed by atoms with E-state index in [1.54, 1.807) is 5.38 Å². The Balaban J connectivity index is 2.43. The van der Waals surface area contributed by atoms with Gasteiger partial charge in [0.1, 0.15) is 5.01 Å². The van der Waals surface area contributed by atoms with Gasteiger partial charge in [0.05, 0.1) is 4.88 Å². The molecule has 3 nitrogen and oxygen atoms in total. The van der Waals surface area contributed by atoms with E-state index < -0.39 is 5.97 Å². The average Bonchev–Trinajstić information content (AvgIpc) is 2.71. The molecule has 0 unspecified atom stereocenters. The minimum Gasteiger partial charge on any atom is -0.476 e. The predicted molar refractivity (Wildman–Crippen MR) is 60.1 cm³/mol. The van der Waals surface area contributed by atoms with Gasteiger partial charge in [0.25, 0.3) is 0 Å². The van der Waals surface area contributed by atoms with Gasteiger partial charge in [0, 0.05) is 9.85 Å². The number of carboxylic acid groups (broad SMARTS) is 1. The fourth-order valence-corrected chi connectivity index (χ4v) is 3.53. The molecule has 0 aliphatic carbocycles. The quantitative estimate of drug-likeness (QED) is 0.923. The van der Waals surface area contributed by atoms with Crippen LogP contribution >= 0.6 is 38.6 Å². The second kappa shape index (κ2) is 3.80. The second-order valence-corrected chi connectivity index (χ2v) is 5.07. The smallest absolute Gasteiger partial charge is 0.355 e. The maximum Gasteiger partial charge on any atom is 0.355 e. The van der Waals surface area contributed by atoms with Crippen molar-refractivity contribution < 1.29 is 9.90 Å². The molecule has 0 saturated heterocycles. The molecular weight excluding hydrogens is 286 g/mol. The van der Waals surface area contributed by atoms with Crippen molar-refractivity contribution in [2.24, 2.45) is 0 Å². The number of thiazole rings is 1. The van der Waals surface area contributed by atoms with Gasteiger partial charge in [-0.2, -0.15) is 0 Å². The van der Waals surface area contributed by atoms with Crippen LogP contribution in [0.25, 0.3) is 9.88 Å². The highest BCUT2D eigenvalue weighted by Gasteiger charge is 2.12. The van der Waals surface area contributed by atoms with Crippen LogP contribution in [0.2, 0.25) is 0 Å².